The Morgan fingerprint density at radius 3 is 3.08 bits per heavy atom. The first-order chi connectivity index (χ1) is 6.24. The average Bonchev–Trinajstić information content (AvgIpc) is 2.51. The van der Waals surface area contributed by atoms with Crippen LogP contribution in [0.25, 0.3) is 0 Å². The third kappa shape index (κ3) is 2.89. The first kappa shape index (κ1) is 9.77. The molecule has 0 aromatic carbocycles. The molecule has 1 aromatic rings. The number of hydrogen-bond donors (Lipinski definition) is 1. The van der Waals surface area contributed by atoms with E-state index in [0.717, 1.165) is 18.7 Å². The van der Waals surface area contributed by atoms with Crippen molar-refractivity contribution in [1.29, 1.82) is 0 Å². The van der Waals surface area contributed by atoms with Crippen LogP contribution < -0.4 is 0 Å². The van der Waals surface area contributed by atoms with E-state index in [1.165, 1.54) is 0 Å². The van der Waals surface area contributed by atoms with Crippen molar-refractivity contribution in [3.05, 3.63) is 18.2 Å². The minimum absolute atomic E-state index is 0.231. The summed E-state index contributed by atoms with van der Waals surface area (Å²) in [5.41, 5.74) is 1.11. The van der Waals surface area contributed by atoms with Crippen molar-refractivity contribution in [1.82, 2.24) is 9.55 Å². The number of aryl methyl sites for hydroxylation is 2. The summed E-state index contributed by atoms with van der Waals surface area (Å²) in [4.78, 5) is 14.3. The summed E-state index contributed by atoms with van der Waals surface area (Å²) in [5.74, 6) is -0.734. The Balaban J connectivity index is 2.40. The molecule has 0 saturated carbocycles. The van der Waals surface area contributed by atoms with E-state index in [-0.39, 0.29) is 6.42 Å². The summed E-state index contributed by atoms with van der Waals surface area (Å²) < 4.78 is 2.03. The maximum Gasteiger partial charge on any atom is 0.303 e. The number of aliphatic carboxylic acids is 1. The van der Waals surface area contributed by atoms with Gasteiger partial charge < -0.3 is 9.67 Å². The Labute approximate surface area is 77.2 Å². The van der Waals surface area contributed by atoms with Crippen LogP contribution in [0.2, 0.25) is 0 Å². The largest absolute Gasteiger partial charge is 0.481 e. The molecule has 13 heavy (non-hydrogen) atoms. The van der Waals surface area contributed by atoms with E-state index in [4.69, 9.17) is 5.11 Å². The lowest BCUT2D eigenvalue weighted by molar-refractivity contribution is -0.137. The summed E-state index contributed by atoms with van der Waals surface area (Å²) >= 11 is 0. The molecular formula is C9H14N2O2. The number of imidazole rings is 1. The quantitative estimate of drug-likeness (QED) is 0.747. The van der Waals surface area contributed by atoms with Crippen molar-refractivity contribution in [2.24, 2.45) is 0 Å². The summed E-state index contributed by atoms with van der Waals surface area (Å²) in [6.45, 7) is 2.94. The minimum Gasteiger partial charge on any atom is -0.481 e. The van der Waals surface area contributed by atoms with Gasteiger partial charge in [0.2, 0.25) is 0 Å². The fourth-order valence-electron chi connectivity index (χ4n) is 1.26. The first-order valence-corrected chi connectivity index (χ1v) is 4.45. The van der Waals surface area contributed by atoms with Crippen LogP contribution in [0.15, 0.2) is 12.5 Å². The average molecular weight is 182 g/mol. The number of hydrogen-bond acceptors (Lipinski definition) is 2. The molecule has 72 valence electrons. The van der Waals surface area contributed by atoms with Crippen LogP contribution in [0.4, 0.5) is 0 Å². The fraction of sp³-hybridized carbons (Fsp3) is 0.556. The number of carboxylic acid groups (broad SMARTS) is 1. The molecule has 1 aromatic heterocycles. The molecule has 4 heteroatoms. The Kier molecular flexibility index (Phi) is 3.49. The molecule has 0 aliphatic carbocycles. The van der Waals surface area contributed by atoms with Gasteiger partial charge in [0.05, 0.1) is 6.33 Å². The number of aromatic nitrogens is 2. The zero-order valence-electron chi connectivity index (χ0n) is 7.73. The molecule has 0 fully saturated rings. The van der Waals surface area contributed by atoms with Gasteiger partial charge >= 0.3 is 5.97 Å². The molecular weight excluding hydrogens is 168 g/mol. The Morgan fingerprint density at radius 2 is 2.46 bits per heavy atom. The topological polar surface area (TPSA) is 55.1 Å². The van der Waals surface area contributed by atoms with Gasteiger partial charge in [-0.3, -0.25) is 4.79 Å². The summed E-state index contributed by atoms with van der Waals surface area (Å²) in [6.07, 6.45) is 5.28. The number of rotatable bonds is 5. The predicted molar refractivity (Wildman–Crippen MR) is 48.5 cm³/mol. The van der Waals surface area contributed by atoms with Crippen LogP contribution in [-0.4, -0.2) is 20.6 Å². The second kappa shape index (κ2) is 4.64. The summed E-state index contributed by atoms with van der Waals surface area (Å²) in [7, 11) is 0. The highest BCUT2D eigenvalue weighted by Crippen LogP contribution is 2.04. The lowest BCUT2D eigenvalue weighted by Gasteiger charge is -2.02. The minimum atomic E-state index is -0.734. The van der Waals surface area contributed by atoms with E-state index in [1.54, 1.807) is 12.5 Å². The van der Waals surface area contributed by atoms with Crippen molar-refractivity contribution >= 4 is 5.97 Å². The van der Waals surface area contributed by atoms with Gasteiger partial charge in [-0.2, -0.15) is 0 Å². The van der Waals surface area contributed by atoms with Crippen LogP contribution >= 0.6 is 0 Å². The van der Waals surface area contributed by atoms with E-state index in [2.05, 4.69) is 4.98 Å². The van der Waals surface area contributed by atoms with E-state index < -0.39 is 5.97 Å². The second-order valence-electron chi connectivity index (χ2n) is 2.92. The molecule has 0 aliphatic heterocycles. The fourth-order valence-corrected chi connectivity index (χ4v) is 1.26. The molecule has 0 spiro atoms. The molecule has 0 bridgehead atoms. The van der Waals surface area contributed by atoms with Crippen molar-refractivity contribution in [2.45, 2.75) is 32.7 Å². The van der Waals surface area contributed by atoms with Crippen LogP contribution in [0, 0.1) is 0 Å². The molecule has 4 nitrogen and oxygen atoms in total. The molecule has 1 rings (SSSR count). The van der Waals surface area contributed by atoms with Gasteiger partial charge in [-0.15, -0.1) is 0 Å². The lowest BCUT2D eigenvalue weighted by atomic mass is 10.2. The Bertz CT molecular complexity index is 281. The van der Waals surface area contributed by atoms with Gasteiger partial charge in [0.1, 0.15) is 0 Å². The highest BCUT2D eigenvalue weighted by Gasteiger charge is 2.01. The van der Waals surface area contributed by atoms with Gasteiger partial charge in [0.25, 0.3) is 0 Å². The lowest BCUT2D eigenvalue weighted by Crippen LogP contribution is -2.01. The highest BCUT2D eigenvalue weighted by molar-refractivity contribution is 5.66. The third-order valence-corrected chi connectivity index (χ3v) is 1.96. The SMILES string of the molecule is CCn1cncc1CCCC(=O)O. The monoisotopic (exact) mass is 182 g/mol. The van der Waals surface area contributed by atoms with Gasteiger partial charge in [0, 0.05) is 24.9 Å². The maximum absolute atomic E-state index is 10.3. The third-order valence-electron chi connectivity index (χ3n) is 1.96. The van der Waals surface area contributed by atoms with Crippen molar-refractivity contribution in [3.63, 3.8) is 0 Å². The molecule has 1 heterocycles. The van der Waals surface area contributed by atoms with Crippen LogP contribution in [0.5, 0.6) is 0 Å². The number of nitrogens with zero attached hydrogens (tertiary/aromatic N) is 2. The molecule has 0 amide bonds. The van der Waals surface area contributed by atoms with Crippen molar-refractivity contribution < 1.29 is 9.90 Å². The van der Waals surface area contributed by atoms with Gasteiger partial charge in [-0.25, -0.2) is 4.98 Å². The summed E-state index contributed by atoms with van der Waals surface area (Å²) in [5, 5.41) is 8.45. The van der Waals surface area contributed by atoms with Crippen molar-refractivity contribution in [2.75, 3.05) is 0 Å². The predicted octanol–water partition coefficient (Wildman–Crippen LogP) is 1.31. The van der Waals surface area contributed by atoms with Crippen LogP contribution in [0.3, 0.4) is 0 Å². The van der Waals surface area contributed by atoms with E-state index in [9.17, 15) is 4.79 Å². The number of carbonyl (C=O) groups is 1. The summed E-state index contributed by atoms with van der Waals surface area (Å²) in [6, 6.07) is 0. The van der Waals surface area contributed by atoms with E-state index >= 15 is 0 Å². The van der Waals surface area contributed by atoms with Gasteiger partial charge in [-0.05, 0) is 19.8 Å². The second-order valence-corrected chi connectivity index (χ2v) is 2.92. The standard InChI is InChI=1S/C9H14N2O2/c1-2-11-7-10-6-8(11)4-3-5-9(12)13/h6-7H,2-5H2,1H3,(H,12,13). The number of carboxylic acids is 1. The highest BCUT2D eigenvalue weighted by atomic mass is 16.4. The van der Waals surface area contributed by atoms with Crippen molar-refractivity contribution in [3.8, 4) is 0 Å². The zero-order valence-corrected chi connectivity index (χ0v) is 7.73. The molecule has 0 aliphatic rings. The van der Waals surface area contributed by atoms with Crippen LogP contribution in [0.1, 0.15) is 25.5 Å². The van der Waals surface area contributed by atoms with Crippen LogP contribution in [-0.2, 0) is 17.8 Å². The molecule has 0 radical (unpaired) electrons. The normalized spacial score (nSPS) is 10.2. The molecule has 0 saturated heterocycles. The first-order valence-electron chi connectivity index (χ1n) is 4.45. The van der Waals surface area contributed by atoms with E-state index in [1.807, 2.05) is 11.5 Å². The maximum atomic E-state index is 10.3. The van der Waals surface area contributed by atoms with Gasteiger partial charge in [0.15, 0.2) is 0 Å². The zero-order chi connectivity index (χ0) is 9.68. The molecule has 0 atom stereocenters. The van der Waals surface area contributed by atoms with E-state index in [0.29, 0.717) is 6.42 Å². The molecule has 0 unspecified atom stereocenters. The Morgan fingerprint density at radius 1 is 1.69 bits per heavy atom. The molecule has 1 N–H and O–H groups in total. The Hall–Kier alpha value is -1.32. The smallest absolute Gasteiger partial charge is 0.303 e. The van der Waals surface area contributed by atoms with Gasteiger partial charge in [-0.1, -0.05) is 0 Å².